The minimum absolute atomic E-state index is 0.0581. The molecule has 204 valence electrons. The molecule has 1 amide bonds. The van der Waals surface area contributed by atoms with Gasteiger partial charge in [-0.25, -0.2) is 0 Å². The van der Waals surface area contributed by atoms with E-state index >= 15 is 0 Å². The van der Waals surface area contributed by atoms with Crippen LogP contribution >= 0.6 is 0 Å². The molecule has 0 bridgehead atoms. The molecule has 12 heteroatoms. The van der Waals surface area contributed by atoms with Gasteiger partial charge in [0.2, 0.25) is 0 Å². The second-order valence-corrected chi connectivity index (χ2v) is 9.58. The summed E-state index contributed by atoms with van der Waals surface area (Å²) in [4.78, 5) is 14.2. The number of amides is 1. The van der Waals surface area contributed by atoms with E-state index in [0.717, 1.165) is 18.2 Å². The van der Waals surface area contributed by atoms with E-state index in [1.54, 1.807) is 24.3 Å². The van der Waals surface area contributed by atoms with Crippen molar-refractivity contribution in [2.24, 2.45) is 0 Å². The Morgan fingerprint density at radius 3 is 2.13 bits per heavy atom. The molecule has 0 aromatic heterocycles. The van der Waals surface area contributed by atoms with E-state index in [2.05, 4.69) is 0 Å². The fraction of sp³-hybridized carbons (Fsp3) is 0.269. The van der Waals surface area contributed by atoms with Crippen LogP contribution < -0.4 is 13.7 Å². The number of hydrogen-bond acceptors (Lipinski definition) is 7. The van der Waals surface area contributed by atoms with Crippen molar-refractivity contribution >= 4 is 16.0 Å². The van der Waals surface area contributed by atoms with Gasteiger partial charge in [-0.1, -0.05) is 18.2 Å². The summed E-state index contributed by atoms with van der Waals surface area (Å²) in [5.41, 5.74) is -0.296. The highest BCUT2D eigenvalue weighted by molar-refractivity contribution is 7.87. The van der Waals surface area contributed by atoms with E-state index in [1.165, 1.54) is 44.4 Å². The second-order valence-electron chi connectivity index (χ2n) is 8.03. The first-order valence-electron chi connectivity index (χ1n) is 11.2. The zero-order chi connectivity index (χ0) is 27.9. The van der Waals surface area contributed by atoms with Crippen LogP contribution in [0.5, 0.6) is 17.2 Å². The number of carbonyl (C=O) groups is 1. The van der Waals surface area contributed by atoms with Crippen molar-refractivity contribution in [3.63, 3.8) is 0 Å². The van der Waals surface area contributed by atoms with Crippen LogP contribution in [0, 0.1) is 0 Å². The summed E-state index contributed by atoms with van der Waals surface area (Å²) in [6.07, 6.45) is -4.71. The van der Waals surface area contributed by atoms with Crippen LogP contribution in [0.25, 0.3) is 0 Å². The molecule has 0 saturated heterocycles. The van der Waals surface area contributed by atoms with Gasteiger partial charge in [0.15, 0.2) is 0 Å². The standard InChI is InChI=1S/C26H26F3NO7S/c1-34-11-10-30(25(31)19-13-22(35-2)16-23(14-19)36-3)17-18-6-4-8-21(12-18)37-38(32,33)24-9-5-7-20(15-24)26(27,28)29/h4-9,12-16H,10-11,17H2,1-3H3. The molecule has 0 aliphatic rings. The van der Waals surface area contributed by atoms with Crippen molar-refractivity contribution in [3.8, 4) is 17.2 Å². The zero-order valence-electron chi connectivity index (χ0n) is 20.8. The largest absolute Gasteiger partial charge is 0.497 e. The predicted molar refractivity (Wildman–Crippen MR) is 132 cm³/mol. The van der Waals surface area contributed by atoms with Gasteiger partial charge in [0.05, 0.1) is 26.4 Å². The molecule has 0 radical (unpaired) electrons. The molecule has 0 atom stereocenters. The fourth-order valence-electron chi connectivity index (χ4n) is 3.49. The number of carbonyl (C=O) groups excluding carboxylic acids is 1. The molecule has 0 unspecified atom stereocenters. The van der Waals surface area contributed by atoms with Crippen LogP contribution in [-0.2, 0) is 27.6 Å². The summed E-state index contributed by atoms with van der Waals surface area (Å²) < 4.78 is 85.2. The fourth-order valence-corrected chi connectivity index (χ4v) is 4.46. The molecule has 3 rings (SSSR count). The zero-order valence-corrected chi connectivity index (χ0v) is 21.6. The van der Waals surface area contributed by atoms with Crippen molar-refractivity contribution in [3.05, 3.63) is 83.4 Å². The minimum atomic E-state index is -4.71. The van der Waals surface area contributed by atoms with Gasteiger partial charge in [-0.2, -0.15) is 21.6 Å². The molecule has 0 spiro atoms. The maximum Gasteiger partial charge on any atom is 0.416 e. The van der Waals surface area contributed by atoms with Crippen molar-refractivity contribution in [1.82, 2.24) is 4.90 Å². The van der Waals surface area contributed by atoms with E-state index in [1.807, 2.05) is 0 Å². The third-order valence-corrected chi connectivity index (χ3v) is 6.62. The highest BCUT2D eigenvalue weighted by Gasteiger charge is 2.32. The normalized spacial score (nSPS) is 11.6. The van der Waals surface area contributed by atoms with Crippen LogP contribution in [-0.4, -0.2) is 53.7 Å². The SMILES string of the molecule is COCCN(Cc1cccc(OS(=O)(=O)c2cccc(C(F)(F)F)c2)c1)C(=O)c1cc(OC)cc(OC)c1. The summed E-state index contributed by atoms with van der Waals surface area (Å²) >= 11 is 0. The number of alkyl halides is 3. The molecule has 0 aliphatic carbocycles. The van der Waals surface area contributed by atoms with Gasteiger partial charge in [0, 0.05) is 31.8 Å². The summed E-state index contributed by atoms with van der Waals surface area (Å²) in [6, 6.07) is 13.9. The van der Waals surface area contributed by atoms with E-state index in [9.17, 15) is 26.4 Å². The first kappa shape index (κ1) is 28.8. The summed E-state index contributed by atoms with van der Waals surface area (Å²) in [7, 11) is -0.142. The average Bonchev–Trinajstić information content (AvgIpc) is 2.89. The van der Waals surface area contributed by atoms with Crippen LogP contribution in [0.15, 0.2) is 71.6 Å². The molecule has 0 aliphatic heterocycles. The lowest BCUT2D eigenvalue weighted by Crippen LogP contribution is -2.33. The molecule has 0 N–H and O–H groups in total. The second kappa shape index (κ2) is 12.2. The van der Waals surface area contributed by atoms with Crippen LogP contribution in [0.1, 0.15) is 21.5 Å². The van der Waals surface area contributed by atoms with Gasteiger partial charge in [-0.15, -0.1) is 0 Å². The first-order chi connectivity index (χ1) is 18.0. The molecule has 38 heavy (non-hydrogen) atoms. The molecule has 0 heterocycles. The average molecular weight is 554 g/mol. The molecular weight excluding hydrogens is 527 g/mol. The van der Waals surface area contributed by atoms with Crippen molar-refractivity contribution in [2.45, 2.75) is 17.6 Å². The number of rotatable bonds is 11. The van der Waals surface area contributed by atoms with E-state index in [0.29, 0.717) is 28.7 Å². The summed E-state index contributed by atoms with van der Waals surface area (Å²) in [6.45, 7) is 0.498. The van der Waals surface area contributed by atoms with Gasteiger partial charge in [-0.3, -0.25) is 4.79 Å². The van der Waals surface area contributed by atoms with Crippen molar-refractivity contribution in [2.75, 3.05) is 34.5 Å². The van der Waals surface area contributed by atoms with Gasteiger partial charge in [0.25, 0.3) is 5.91 Å². The Labute approximate surface area is 218 Å². The Balaban J connectivity index is 1.85. The van der Waals surface area contributed by atoms with Crippen molar-refractivity contribution < 1.29 is 44.8 Å². The lowest BCUT2D eigenvalue weighted by molar-refractivity contribution is -0.137. The van der Waals surface area contributed by atoms with Crippen LogP contribution in [0.3, 0.4) is 0 Å². The van der Waals surface area contributed by atoms with E-state index in [4.69, 9.17) is 18.4 Å². The lowest BCUT2D eigenvalue weighted by atomic mass is 10.1. The number of nitrogens with zero attached hydrogens (tertiary/aromatic N) is 1. The highest BCUT2D eigenvalue weighted by atomic mass is 32.2. The smallest absolute Gasteiger partial charge is 0.416 e. The molecule has 3 aromatic carbocycles. The molecule has 0 fully saturated rings. The molecule has 0 saturated carbocycles. The van der Waals surface area contributed by atoms with Crippen molar-refractivity contribution in [1.29, 1.82) is 0 Å². The number of benzene rings is 3. The van der Waals surface area contributed by atoms with Gasteiger partial charge in [-0.05, 0) is 48.0 Å². The number of hydrogen-bond donors (Lipinski definition) is 0. The van der Waals surface area contributed by atoms with Gasteiger partial charge < -0.3 is 23.3 Å². The summed E-state index contributed by atoms with van der Waals surface area (Å²) in [5.74, 6) is 0.369. The highest BCUT2D eigenvalue weighted by Crippen LogP contribution is 2.31. The number of halogens is 3. The topological polar surface area (TPSA) is 91.4 Å². The van der Waals surface area contributed by atoms with E-state index in [-0.39, 0.29) is 31.4 Å². The Bertz CT molecular complexity index is 1350. The maximum atomic E-state index is 13.3. The minimum Gasteiger partial charge on any atom is -0.497 e. The Kier molecular flexibility index (Phi) is 9.23. The Morgan fingerprint density at radius 1 is 0.868 bits per heavy atom. The molecule has 3 aromatic rings. The predicted octanol–water partition coefficient (Wildman–Crippen LogP) is 4.78. The summed E-state index contributed by atoms with van der Waals surface area (Å²) in [5, 5.41) is 0. The van der Waals surface area contributed by atoms with Gasteiger partial charge >= 0.3 is 16.3 Å². The van der Waals surface area contributed by atoms with Crippen LogP contribution in [0.2, 0.25) is 0 Å². The lowest BCUT2D eigenvalue weighted by Gasteiger charge is -2.23. The van der Waals surface area contributed by atoms with Gasteiger partial charge in [0.1, 0.15) is 22.1 Å². The Hall–Kier alpha value is -3.77. The quantitative estimate of drug-likeness (QED) is 0.316. The third kappa shape index (κ3) is 7.39. The van der Waals surface area contributed by atoms with E-state index < -0.39 is 26.8 Å². The Morgan fingerprint density at radius 2 is 1.53 bits per heavy atom. The maximum absolute atomic E-state index is 13.3. The number of methoxy groups -OCH3 is 3. The monoisotopic (exact) mass is 553 g/mol. The molecular formula is C26H26F3NO7S. The third-order valence-electron chi connectivity index (χ3n) is 5.38. The number of ether oxygens (including phenoxy) is 3. The molecule has 8 nitrogen and oxygen atoms in total. The van der Waals surface area contributed by atoms with Crippen LogP contribution in [0.4, 0.5) is 13.2 Å². The first-order valence-corrected chi connectivity index (χ1v) is 12.6.